The van der Waals surface area contributed by atoms with Crippen LogP contribution < -0.4 is 29.3 Å². The molecule has 1 aromatic rings. The highest BCUT2D eigenvalue weighted by Gasteiger charge is 2.15. The average molecular weight is 389 g/mol. The summed E-state index contributed by atoms with van der Waals surface area (Å²) < 4.78 is 0. The van der Waals surface area contributed by atoms with E-state index in [1.807, 2.05) is 0 Å². The molecule has 0 radical (unpaired) electrons. The number of halogens is 1. The first-order chi connectivity index (χ1) is 9.17. The van der Waals surface area contributed by atoms with Gasteiger partial charge in [0.25, 0.3) is 0 Å². The maximum absolute atomic E-state index is 2.55. The molecule has 1 unspecified atom stereocenters. The van der Waals surface area contributed by atoms with Gasteiger partial charge in [0.05, 0.1) is 12.6 Å². The first kappa shape index (κ1) is 19.9. The minimum Gasteiger partial charge on any atom is -1.00 e. The van der Waals surface area contributed by atoms with Gasteiger partial charge in [-0.1, -0.05) is 58.0 Å². The van der Waals surface area contributed by atoms with E-state index < -0.39 is 0 Å². The first-order valence-corrected chi connectivity index (χ1v) is 8.05. The monoisotopic (exact) mass is 389 g/mol. The van der Waals surface area contributed by atoms with Crippen molar-refractivity contribution in [2.24, 2.45) is 5.92 Å². The van der Waals surface area contributed by atoms with Crippen molar-refractivity contribution in [3.63, 3.8) is 0 Å². The van der Waals surface area contributed by atoms with Gasteiger partial charge in [0.1, 0.15) is 0 Å². The number of rotatable bonds is 9. The molecule has 0 saturated heterocycles. The average Bonchev–Trinajstić information content (AvgIpc) is 2.43. The molecule has 1 aromatic carbocycles. The smallest absolute Gasteiger partial charge is 0.0853 e. The van der Waals surface area contributed by atoms with Crippen LogP contribution >= 0.6 is 0 Å². The summed E-state index contributed by atoms with van der Waals surface area (Å²) in [5.41, 5.74) is 1.52. The van der Waals surface area contributed by atoms with Crippen molar-refractivity contribution >= 4 is 0 Å². The van der Waals surface area contributed by atoms with Crippen LogP contribution in [0.5, 0.6) is 0 Å². The van der Waals surface area contributed by atoms with E-state index in [9.17, 15) is 0 Å². The van der Waals surface area contributed by atoms with Crippen LogP contribution in [0.1, 0.15) is 64.9 Å². The number of hydrogen-bond donors (Lipinski definition) is 1. The van der Waals surface area contributed by atoms with Crippen LogP contribution in [-0.2, 0) is 0 Å². The molecule has 0 aliphatic carbocycles. The van der Waals surface area contributed by atoms with Crippen molar-refractivity contribution in [1.82, 2.24) is 0 Å². The Hall–Kier alpha value is -0.0900. The molecule has 0 spiro atoms. The zero-order chi connectivity index (χ0) is 14.1. The first-order valence-electron chi connectivity index (χ1n) is 8.05. The zero-order valence-electron chi connectivity index (χ0n) is 13.6. The molecule has 116 valence electrons. The lowest BCUT2D eigenvalue weighted by molar-refractivity contribution is -0.690. The highest BCUT2D eigenvalue weighted by Crippen LogP contribution is 2.26. The summed E-state index contributed by atoms with van der Waals surface area (Å²) in [6, 6.07) is 11.9. The van der Waals surface area contributed by atoms with Crippen LogP contribution in [0.4, 0.5) is 0 Å². The van der Waals surface area contributed by atoms with Crippen molar-refractivity contribution in [2.45, 2.75) is 65.3 Å². The van der Waals surface area contributed by atoms with E-state index in [0.29, 0.717) is 0 Å². The Morgan fingerprint density at radius 2 is 1.60 bits per heavy atom. The van der Waals surface area contributed by atoms with E-state index in [0.717, 1.165) is 17.9 Å². The van der Waals surface area contributed by atoms with E-state index in [4.69, 9.17) is 0 Å². The van der Waals surface area contributed by atoms with Crippen LogP contribution in [0.3, 0.4) is 0 Å². The van der Waals surface area contributed by atoms with Gasteiger partial charge in [-0.15, -0.1) is 0 Å². The maximum Gasteiger partial charge on any atom is 0.0853 e. The summed E-state index contributed by atoms with van der Waals surface area (Å²) in [7, 11) is 0. The molecule has 1 rings (SSSR count). The lowest BCUT2D eigenvalue weighted by Gasteiger charge is -2.20. The molecule has 0 aromatic heterocycles. The molecular weight excluding hydrogens is 357 g/mol. The predicted octanol–water partition coefficient (Wildman–Crippen LogP) is 0.962. The van der Waals surface area contributed by atoms with Crippen molar-refractivity contribution in [3.05, 3.63) is 35.9 Å². The van der Waals surface area contributed by atoms with Crippen molar-refractivity contribution in [3.8, 4) is 0 Å². The summed E-state index contributed by atoms with van der Waals surface area (Å²) >= 11 is 0. The third-order valence-corrected chi connectivity index (χ3v) is 4.09. The molecular formula is C18H32IN. The molecule has 0 amide bonds. The fourth-order valence-corrected chi connectivity index (χ4v) is 2.87. The second-order valence-electron chi connectivity index (χ2n) is 6.13. The zero-order valence-corrected chi connectivity index (χ0v) is 15.8. The Kier molecular flexibility index (Phi) is 11.5. The second kappa shape index (κ2) is 11.6. The topological polar surface area (TPSA) is 16.6 Å². The van der Waals surface area contributed by atoms with Gasteiger partial charge in [-0.2, -0.15) is 0 Å². The van der Waals surface area contributed by atoms with Crippen LogP contribution in [0.25, 0.3) is 0 Å². The minimum atomic E-state index is 0. The lowest BCUT2D eigenvalue weighted by Crippen LogP contribution is -3.00. The highest BCUT2D eigenvalue weighted by atomic mass is 127. The summed E-state index contributed by atoms with van der Waals surface area (Å²) in [5, 5.41) is 2.55. The van der Waals surface area contributed by atoms with Crippen LogP contribution in [0.2, 0.25) is 0 Å². The van der Waals surface area contributed by atoms with Gasteiger partial charge in [0, 0.05) is 6.42 Å². The number of hydrogen-bond acceptors (Lipinski definition) is 0. The standard InChI is InChI=1S/C18H31N.HI/c1-5-18(6-2)19-13-12-17(14-15(3)4)16-10-8-7-9-11-16;/h7-11,15,17-19H,5-6,12-14H2,1-4H3;1H. The third-order valence-electron chi connectivity index (χ3n) is 4.09. The molecule has 20 heavy (non-hydrogen) atoms. The predicted molar refractivity (Wildman–Crippen MR) is 84.4 cm³/mol. The van der Waals surface area contributed by atoms with Crippen LogP contribution in [-0.4, -0.2) is 12.6 Å². The largest absolute Gasteiger partial charge is 1.00 e. The fraction of sp³-hybridized carbons (Fsp3) is 0.667. The SMILES string of the molecule is CCC(CC)[NH2+]CCC(CC(C)C)c1ccccc1.[I-]. The highest BCUT2D eigenvalue weighted by molar-refractivity contribution is 5.19. The number of benzene rings is 1. The Morgan fingerprint density at radius 3 is 2.10 bits per heavy atom. The summed E-state index contributed by atoms with van der Waals surface area (Å²) in [5.74, 6) is 1.50. The molecule has 0 heterocycles. The molecule has 2 N–H and O–H groups in total. The Balaban J connectivity index is 0.00000361. The van der Waals surface area contributed by atoms with Gasteiger partial charge in [-0.3, -0.25) is 0 Å². The van der Waals surface area contributed by atoms with Crippen LogP contribution in [0.15, 0.2) is 30.3 Å². The van der Waals surface area contributed by atoms with E-state index in [2.05, 4.69) is 63.3 Å². The Bertz CT molecular complexity index is 319. The number of nitrogens with two attached hydrogens (primary N) is 1. The molecule has 1 atom stereocenters. The van der Waals surface area contributed by atoms with Gasteiger partial charge in [-0.05, 0) is 36.7 Å². The van der Waals surface area contributed by atoms with Crippen molar-refractivity contribution < 1.29 is 29.3 Å². The minimum absolute atomic E-state index is 0. The van der Waals surface area contributed by atoms with E-state index in [1.165, 1.54) is 37.8 Å². The van der Waals surface area contributed by atoms with Crippen molar-refractivity contribution in [1.29, 1.82) is 0 Å². The van der Waals surface area contributed by atoms with E-state index >= 15 is 0 Å². The van der Waals surface area contributed by atoms with Gasteiger partial charge in [-0.25, -0.2) is 0 Å². The van der Waals surface area contributed by atoms with E-state index in [-0.39, 0.29) is 24.0 Å². The molecule has 0 bridgehead atoms. The third kappa shape index (κ3) is 7.63. The molecule has 1 nitrogen and oxygen atoms in total. The summed E-state index contributed by atoms with van der Waals surface area (Å²) in [4.78, 5) is 0. The van der Waals surface area contributed by atoms with Gasteiger partial charge in [0.2, 0.25) is 0 Å². The Labute approximate surface area is 143 Å². The van der Waals surface area contributed by atoms with Gasteiger partial charge >= 0.3 is 0 Å². The molecule has 0 fully saturated rings. The Morgan fingerprint density at radius 1 is 1.00 bits per heavy atom. The quantitative estimate of drug-likeness (QED) is 0.606. The maximum atomic E-state index is 2.55. The molecule has 0 aliphatic rings. The van der Waals surface area contributed by atoms with Gasteiger partial charge < -0.3 is 29.3 Å². The van der Waals surface area contributed by atoms with Crippen LogP contribution in [0, 0.1) is 5.92 Å². The summed E-state index contributed by atoms with van der Waals surface area (Å²) in [6.07, 6.45) is 5.19. The van der Waals surface area contributed by atoms with Gasteiger partial charge in [0.15, 0.2) is 0 Å². The second-order valence-corrected chi connectivity index (χ2v) is 6.13. The fourth-order valence-electron chi connectivity index (χ4n) is 2.87. The van der Waals surface area contributed by atoms with Crippen molar-refractivity contribution in [2.75, 3.05) is 6.54 Å². The normalized spacial score (nSPS) is 12.5. The lowest BCUT2D eigenvalue weighted by atomic mass is 9.88. The number of quaternary nitrogens is 1. The molecule has 0 aliphatic heterocycles. The van der Waals surface area contributed by atoms with E-state index in [1.54, 1.807) is 0 Å². The summed E-state index contributed by atoms with van der Waals surface area (Å²) in [6.45, 7) is 10.5. The molecule has 0 saturated carbocycles. The molecule has 2 heteroatoms.